The van der Waals surface area contributed by atoms with E-state index >= 15 is 0 Å². The van der Waals surface area contributed by atoms with Crippen LogP contribution in [0.25, 0.3) is 0 Å². The Kier molecular flexibility index (Phi) is 5.86. The summed E-state index contributed by atoms with van der Waals surface area (Å²) in [5.74, 6) is -0.235. The minimum atomic E-state index is -0.237. The molecule has 6 nitrogen and oxygen atoms in total. The number of nitrogens with one attached hydrogen (secondary N) is 2. The van der Waals surface area contributed by atoms with Crippen molar-refractivity contribution in [1.29, 1.82) is 0 Å². The second-order valence-corrected chi connectivity index (χ2v) is 6.24. The fraction of sp³-hybridized carbons (Fsp3) is 0.333. The van der Waals surface area contributed by atoms with Crippen molar-refractivity contribution in [2.24, 2.45) is 0 Å². The lowest BCUT2D eigenvalue weighted by Crippen LogP contribution is -2.44. The van der Waals surface area contributed by atoms with E-state index in [0.717, 1.165) is 18.7 Å². The lowest BCUT2D eigenvalue weighted by molar-refractivity contribution is 0.0162. The van der Waals surface area contributed by atoms with Crippen molar-refractivity contribution in [1.82, 2.24) is 15.2 Å². The average Bonchev–Trinajstić information content (AvgIpc) is 2.64. The Labute approximate surface area is 150 Å². The fourth-order valence-corrected chi connectivity index (χ4v) is 3.18. The summed E-state index contributed by atoms with van der Waals surface area (Å²) < 4.78 is 5.43. The highest BCUT2D eigenvalue weighted by atomic mass is 35.5. The number of rotatable bonds is 5. The minimum Gasteiger partial charge on any atom is -0.379 e. The highest BCUT2D eigenvalue weighted by Gasteiger charge is 2.25. The van der Waals surface area contributed by atoms with Gasteiger partial charge in [0.25, 0.3) is 5.91 Å². The Hall–Kier alpha value is -2.15. The third-order valence-corrected chi connectivity index (χ3v) is 4.60. The Morgan fingerprint density at radius 2 is 2.00 bits per heavy atom. The molecule has 3 rings (SSSR count). The SMILES string of the molecule is O=C(NCC(c1ccccc1Cl)N1CCOCC1)c1ccc(=O)[nH]c1. The summed E-state index contributed by atoms with van der Waals surface area (Å²) in [6.07, 6.45) is 1.41. The number of hydrogen-bond donors (Lipinski definition) is 2. The van der Waals surface area contributed by atoms with Crippen molar-refractivity contribution in [2.45, 2.75) is 6.04 Å². The van der Waals surface area contributed by atoms with Crippen molar-refractivity contribution in [2.75, 3.05) is 32.8 Å². The van der Waals surface area contributed by atoms with E-state index in [2.05, 4.69) is 15.2 Å². The van der Waals surface area contributed by atoms with E-state index in [1.807, 2.05) is 24.3 Å². The molecule has 2 heterocycles. The molecule has 1 amide bonds. The zero-order valence-electron chi connectivity index (χ0n) is 13.7. The van der Waals surface area contributed by atoms with E-state index < -0.39 is 0 Å². The van der Waals surface area contributed by atoms with Crippen LogP contribution in [0.4, 0.5) is 0 Å². The largest absolute Gasteiger partial charge is 0.379 e. The molecule has 1 fully saturated rings. The predicted molar refractivity (Wildman–Crippen MR) is 96.0 cm³/mol. The molecule has 1 aromatic carbocycles. The van der Waals surface area contributed by atoms with Crippen molar-refractivity contribution in [3.05, 3.63) is 69.1 Å². The van der Waals surface area contributed by atoms with Gasteiger partial charge in [-0.2, -0.15) is 0 Å². The number of aromatic amines is 1. The molecule has 1 aliphatic heterocycles. The van der Waals surface area contributed by atoms with Gasteiger partial charge in [0.05, 0.1) is 24.8 Å². The third-order valence-electron chi connectivity index (χ3n) is 4.25. The van der Waals surface area contributed by atoms with E-state index in [-0.39, 0.29) is 17.5 Å². The summed E-state index contributed by atoms with van der Waals surface area (Å²) in [5.41, 5.74) is 1.16. The second kappa shape index (κ2) is 8.29. The summed E-state index contributed by atoms with van der Waals surface area (Å²) in [7, 11) is 0. The van der Waals surface area contributed by atoms with Crippen LogP contribution in [-0.2, 0) is 4.74 Å². The summed E-state index contributed by atoms with van der Waals surface area (Å²) in [4.78, 5) is 28.2. The zero-order chi connectivity index (χ0) is 17.6. The van der Waals surface area contributed by atoms with Gasteiger partial charge in [0, 0.05) is 36.9 Å². The monoisotopic (exact) mass is 361 g/mol. The summed E-state index contributed by atoms with van der Waals surface area (Å²) >= 11 is 6.38. The molecule has 0 saturated carbocycles. The first-order chi connectivity index (χ1) is 12.1. The van der Waals surface area contributed by atoms with Gasteiger partial charge in [-0.1, -0.05) is 29.8 Å². The number of aromatic nitrogens is 1. The number of nitrogens with zero attached hydrogens (tertiary/aromatic N) is 1. The van der Waals surface area contributed by atoms with Crippen LogP contribution in [0.2, 0.25) is 5.02 Å². The Balaban J connectivity index is 1.75. The number of carbonyl (C=O) groups is 1. The lowest BCUT2D eigenvalue weighted by Gasteiger charge is -2.35. The molecular weight excluding hydrogens is 342 g/mol. The number of H-pyrrole nitrogens is 1. The van der Waals surface area contributed by atoms with E-state index in [1.54, 1.807) is 0 Å². The topological polar surface area (TPSA) is 74.4 Å². The first-order valence-electron chi connectivity index (χ1n) is 8.18. The summed E-state index contributed by atoms with van der Waals surface area (Å²) in [5, 5.41) is 3.62. The first kappa shape index (κ1) is 17.7. The van der Waals surface area contributed by atoms with Gasteiger partial charge >= 0.3 is 0 Å². The quantitative estimate of drug-likeness (QED) is 0.852. The van der Waals surface area contributed by atoms with Gasteiger partial charge in [-0.25, -0.2) is 0 Å². The van der Waals surface area contributed by atoms with Crippen LogP contribution in [0.3, 0.4) is 0 Å². The maximum atomic E-state index is 12.4. The molecule has 1 aliphatic rings. The number of morpholine rings is 1. The van der Waals surface area contributed by atoms with Crippen molar-refractivity contribution < 1.29 is 9.53 Å². The second-order valence-electron chi connectivity index (χ2n) is 5.84. The molecule has 0 aliphatic carbocycles. The van der Waals surface area contributed by atoms with Crippen LogP contribution in [0.1, 0.15) is 22.0 Å². The summed E-state index contributed by atoms with van der Waals surface area (Å²) in [6, 6.07) is 10.5. The molecule has 0 bridgehead atoms. The number of pyridine rings is 1. The Morgan fingerprint density at radius 3 is 2.68 bits per heavy atom. The molecular formula is C18H20ClN3O3. The maximum Gasteiger partial charge on any atom is 0.252 e. The molecule has 1 saturated heterocycles. The molecule has 1 unspecified atom stereocenters. The molecule has 0 spiro atoms. The number of hydrogen-bond acceptors (Lipinski definition) is 4. The zero-order valence-corrected chi connectivity index (χ0v) is 14.5. The number of halogens is 1. The highest BCUT2D eigenvalue weighted by molar-refractivity contribution is 6.31. The molecule has 25 heavy (non-hydrogen) atoms. The van der Waals surface area contributed by atoms with Gasteiger partial charge in [-0.15, -0.1) is 0 Å². The third kappa shape index (κ3) is 4.48. The van der Waals surface area contributed by atoms with Gasteiger partial charge in [-0.3, -0.25) is 14.5 Å². The smallest absolute Gasteiger partial charge is 0.252 e. The number of amides is 1. The molecule has 132 valence electrons. The molecule has 1 aromatic heterocycles. The van der Waals surface area contributed by atoms with E-state index in [0.29, 0.717) is 30.3 Å². The predicted octanol–water partition coefficient (Wildman–Crippen LogP) is 1.83. The average molecular weight is 362 g/mol. The molecule has 7 heteroatoms. The molecule has 2 aromatic rings. The van der Waals surface area contributed by atoms with Crippen molar-refractivity contribution in [3.8, 4) is 0 Å². The van der Waals surface area contributed by atoms with Crippen LogP contribution >= 0.6 is 11.6 Å². The fourth-order valence-electron chi connectivity index (χ4n) is 2.91. The van der Waals surface area contributed by atoms with Crippen LogP contribution < -0.4 is 10.9 Å². The van der Waals surface area contributed by atoms with Crippen molar-refractivity contribution >= 4 is 17.5 Å². The van der Waals surface area contributed by atoms with Crippen LogP contribution in [-0.4, -0.2) is 48.6 Å². The number of ether oxygens (including phenoxy) is 1. The lowest BCUT2D eigenvalue weighted by atomic mass is 10.0. The van der Waals surface area contributed by atoms with Crippen molar-refractivity contribution in [3.63, 3.8) is 0 Å². The molecule has 0 radical (unpaired) electrons. The first-order valence-corrected chi connectivity index (χ1v) is 8.56. The van der Waals surface area contributed by atoms with Gasteiger partial charge in [0.2, 0.25) is 5.56 Å². The standard InChI is InChI=1S/C18H20ClN3O3/c19-15-4-2-1-3-14(15)16(22-7-9-25-10-8-22)12-21-18(24)13-5-6-17(23)20-11-13/h1-6,11,16H,7-10,12H2,(H,20,23)(H,21,24). The number of benzene rings is 1. The van der Waals surface area contributed by atoms with Gasteiger partial charge in [0.1, 0.15) is 0 Å². The minimum absolute atomic E-state index is 0.0377. The van der Waals surface area contributed by atoms with Crippen LogP contribution in [0.15, 0.2) is 47.4 Å². The molecule has 1 atom stereocenters. The van der Waals surface area contributed by atoms with Crippen LogP contribution in [0, 0.1) is 0 Å². The maximum absolute atomic E-state index is 12.4. The van der Waals surface area contributed by atoms with E-state index in [9.17, 15) is 9.59 Å². The highest BCUT2D eigenvalue weighted by Crippen LogP contribution is 2.27. The summed E-state index contributed by atoms with van der Waals surface area (Å²) in [6.45, 7) is 3.31. The van der Waals surface area contributed by atoms with E-state index in [4.69, 9.17) is 16.3 Å². The van der Waals surface area contributed by atoms with Gasteiger partial charge in [0.15, 0.2) is 0 Å². The van der Waals surface area contributed by atoms with Crippen LogP contribution in [0.5, 0.6) is 0 Å². The Morgan fingerprint density at radius 1 is 1.24 bits per heavy atom. The van der Waals surface area contributed by atoms with Gasteiger partial charge in [-0.05, 0) is 17.7 Å². The Bertz CT molecular complexity index is 767. The van der Waals surface area contributed by atoms with Gasteiger partial charge < -0.3 is 15.0 Å². The molecule has 2 N–H and O–H groups in total. The van der Waals surface area contributed by atoms with E-state index in [1.165, 1.54) is 18.3 Å². The number of carbonyl (C=O) groups excluding carboxylic acids is 1. The normalized spacial score (nSPS) is 16.4.